The Balaban J connectivity index is 2.25. The molecule has 1 amide bonds. The van der Waals surface area contributed by atoms with Crippen LogP contribution in [0.15, 0.2) is 27.8 Å². The van der Waals surface area contributed by atoms with Crippen molar-refractivity contribution in [2.24, 2.45) is 22.2 Å². The quantitative estimate of drug-likeness (QED) is 0.342. The molecule has 0 bridgehead atoms. The van der Waals surface area contributed by atoms with Gasteiger partial charge in [-0.1, -0.05) is 24.2 Å². The van der Waals surface area contributed by atoms with Crippen molar-refractivity contribution >= 4 is 33.4 Å². The predicted octanol–water partition coefficient (Wildman–Crippen LogP) is 2.86. The van der Waals surface area contributed by atoms with Gasteiger partial charge >= 0.3 is 0 Å². The summed E-state index contributed by atoms with van der Waals surface area (Å²) < 4.78 is 0.843. The lowest BCUT2D eigenvalue weighted by Crippen LogP contribution is -2.54. The summed E-state index contributed by atoms with van der Waals surface area (Å²) in [6.07, 6.45) is 1.19. The van der Waals surface area contributed by atoms with Crippen molar-refractivity contribution in [2.45, 2.75) is 26.7 Å². The second-order valence-electron chi connectivity index (χ2n) is 5.47. The van der Waals surface area contributed by atoms with E-state index in [1.807, 2.05) is 32.0 Å². The van der Waals surface area contributed by atoms with E-state index in [9.17, 15) is 4.79 Å². The van der Waals surface area contributed by atoms with Gasteiger partial charge in [-0.2, -0.15) is 0 Å². The Morgan fingerprint density at radius 2 is 2.20 bits per heavy atom. The first-order chi connectivity index (χ1) is 9.40. The van der Waals surface area contributed by atoms with Crippen LogP contribution in [-0.4, -0.2) is 17.0 Å². The van der Waals surface area contributed by atoms with Crippen molar-refractivity contribution in [1.29, 1.82) is 0 Å². The van der Waals surface area contributed by atoms with Crippen molar-refractivity contribution in [3.8, 4) is 0 Å². The number of anilines is 1. The van der Waals surface area contributed by atoms with E-state index in [-0.39, 0.29) is 11.7 Å². The number of halogens is 1. The zero-order valence-corrected chi connectivity index (χ0v) is 13.1. The molecule has 0 radical (unpaired) electrons. The van der Waals surface area contributed by atoms with Crippen LogP contribution in [-0.2, 0) is 4.79 Å². The molecule has 0 unspecified atom stereocenters. The van der Waals surface area contributed by atoms with E-state index < -0.39 is 5.41 Å². The fraction of sp³-hybridized carbons (Fsp3) is 0.429. The van der Waals surface area contributed by atoms with Gasteiger partial charge in [0.2, 0.25) is 5.91 Å². The van der Waals surface area contributed by atoms with Crippen LogP contribution in [0.25, 0.3) is 0 Å². The number of carbonyl (C=O) groups excluding carboxylic acids is 1. The summed E-state index contributed by atoms with van der Waals surface area (Å²) in [5.41, 5.74) is 6.56. The third kappa shape index (κ3) is 2.40. The maximum Gasteiger partial charge on any atom is 0.238 e. The number of hydrogen-bond donors (Lipinski definition) is 3. The molecule has 4 N–H and O–H groups in total. The molecule has 0 heterocycles. The number of nitrogens with zero attached hydrogens (tertiary/aromatic N) is 1. The molecule has 20 heavy (non-hydrogen) atoms. The van der Waals surface area contributed by atoms with E-state index in [0.29, 0.717) is 24.4 Å². The highest BCUT2D eigenvalue weighted by Crippen LogP contribution is 2.46. The summed E-state index contributed by atoms with van der Waals surface area (Å²) in [6.45, 7) is 3.99. The molecule has 0 aliphatic heterocycles. The van der Waals surface area contributed by atoms with Crippen molar-refractivity contribution in [3.05, 3.63) is 28.2 Å². The molecule has 1 aromatic carbocycles. The summed E-state index contributed by atoms with van der Waals surface area (Å²) in [5.74, 6) is 0.149. The maximum atomic E-state index is 12.5. The summed E-state index contributed by atoms with van der Waals surface area (Å²) in [6, 6.07) is 5.64. The molecule has 1 saturated carbocycles. The standard InChI is InChI=1S/C14H18BrN3O2/c1-8-6-14(7-8,12(16)18-20)13(19)17-10-5-3-4-9(2)11(10)15/h3-5,8,20H,6-7H2,1-2H3,(H2,16,18)(H,17,19). The molecule has 1 aliphatic carbocycles. The molecule has 1 aromatic rings. The van der Waals surface area contributed by atoms with Crippen molar-refractivity contribution < 1.29 is 10.0 Å². The van der Waals surface area contributed by atoms with Gasteiger partial charge in [-0.3, -0.25) is 4.79 Å². The molecule has 1 aliphatic rings. The summed E-state index contributed by atoms with van der Waals surface area (Å²) in [7, 11) is 0. The van der Waals surface area contributed by atoms with Crippen LogP contribution in [0.5, 0.6) is 0 Å². The Bertz CT molecular complexity index is 566. The monoisotopic (exact) mass is 339 g/mol. The van der Waals surface area contributed by atoms with Crippen LogP contribution in [0, 0.1) is 18.3 Å². The van der Waals surface area contributed by atoms with Gasteiger partial charge in [-0.05, 0) is 53.2 Å². The molecule has 5 nitrogen and oxygen atoms in total. The molecule has 0 saturated heterocycles. The average Bonchev–Trinajstić information content (AvgIpc) is 2.39. The molecule has 0 spiro atoms. The molecule has 1 fully saturated rings. The number of benzene rings is 1. The van der Waals surface area contributed by atoms with Gasteiger partial charge in [-0.25, -0.2) is 0 Å². The van der Waals surface area contributed by atoms with Crippen LogP contribution < -0.4 is 11.1 Å². The molecule has 2 rings (SSSR count). The number of nitrogens with two attached hydrogens (primary N) is 1. The largest absolute Gasteiger partial charge is 0.409 e. The van der Waals surface area contributed by atoms with E-state index in [2.05, 4.69) is 26.4 Å². The number of amidine groups is 1. The Hall–Kier alpha value is -1.56. The smallest absolute Gasteiger partial charge is 0.238 e. The van der Waals surface area contributed by atoms with E-state index in [4.69, 9.17) is 10.9 Å². The number of oxime groups is 1. The van der Waals surface area contributed by atoms with Gasteiger partial charge < -0.3 is 16.3 Å². The minimum absolute atomic E-state index is 0.0168. The number of aryl methyl sites for hydroxylation is 1. The number of carbonyl (C=O) groups is 1. The highest BCUT2D eigenvalue weighted by atomic mass is 79.9. The second kappa shape index (κ2) is 5.44. The summed E-state index contributed by atoms with van der Waals surface area (Å²) in [4.78, 5) is 12.5. The average molecular weight is 340 g/mol. The predicted molar refractivity (Wildman–Crippen MR) is 81.7 cm³/mol. The first-order valence-corrected chi connectivity index (χ1v) is 7.24. The second-order valence-corrected chi connectivity index (χ2v) is 6.26. The van der Waals surface area contributed by atoms with E-state index >= 15 is 0 Å². The lowest BCUT2D eigenvalue weighted by Gasteiger charge is -2.43. The Labute approximate surface area is 126 Å². The molecular weight excluding hydrogens is 322 g/mol. The van der Waals surface area contributed by atoms with Crippen molar-refractivity contribution in [2.75, 3.05) is 5.32 Å². The highest BCUT2D eigenvalue weighted by molar-refractivity contribution is 9.10. The van der Waals surface area contributed by atoms with Crippen LogP contribution in [0.1, 0.15) is 25.3 Å². The maximum absolute atomic E-state index is 12.5. The topological polar surface area (TPSA) is 87.7 Å². The number of nitrogens with one attached hydrogen (secondary N) is 1. The van der Waals surface area contributed by atoms with Gasteiger partial charge in [0, 0.05) is 4.47 Å². The Morgan fingerprint density at radius 3 is 2.75 bits per heavy atom. The zero-order chi connectivity index (χ0) is 14.9. The number of rotatable bonds is 3. The van der Waals surface area contributed by atoms with Gasteiger partial charge in [0.15, 0.2) is 5.84 Å². The van der Waals surface area contributed by atoms with Gasteiger partial charge in [0.05, 0.1) is 5.69 Å². The molecule has 0 atom stereocenters. The minimum atomic E-state index is -0.892. The van der Waals surface area contributed by atoms with Gasteiger partial charge in [0.25, 0.3) is 0 Å². The Kier molecular flexibility index (Phi) is 4.04. The van der Waals surface area contributed by atoms with Crippen molar-refractivity contribution in [3.63, 3.8) is 0 Å². The Morgan fingerprint density at radius 1 is 1.55 bits per heavy atom. The molecule has 0 aromatic heterocycles. The summed E-state index contributed by atoms with van der Waals surface area (Å²) >= 11 is 3.46. The lowest BCUT2D eigenvalue weighted by molar-refractivity contribution is -0.127. The van der Waals surface area contributed by atoms with Crippen LogP contribution in [0.3, 0.4) is 0 Å². The number of hydrogen-bond acceptors (Lipinski definition) is 3. The fourth-order valence-corrected chi connectivity index (χ4v) is 3.09. The molecule has 6 heteroatoms. The minimum Gasteiger partial charge on any atom is -0.409 e. The van der Waals surface area contributed by atoms with Crippen LogP contribution in [0.4, 0.5) is 5.69 Å². The first kappa shape index (κ1) is 14.8. The van der Waals surface area contributed by atoms with Crippen LogP contribution >= 0.6 is 15.9 Å². The third-order valence-corrected chi connectivity index (χ3v) is 4.92. The molecule has 108 valence electrons. The highest BCUT2D eigenvalue weighted by Gasteiger charge is 2.52. The van der Waals surface area contributed by atoms with Crippen molar-refractivity contribution in [1.82, 2.24) is 0 Å². The SMILES string of the molecule is Cc1cccc(NC(=O)C2(/C(N)=N/O)CC(C)C2)c1Br. The zero-order valence-electron chi connectivity index (χ0n) is 11.5. The first-order valence-electron chi connectivity index (χ1n) is 6.45. The summed E-state index contributed by atoms with van der Waals surface area (Å²) in [5, 5.41) is 14.8. The lowest BCUT2D eigenvalue weighted by atomic mass is 9.61. The van der Waals surface area contributed by atoms with Gasteiger partial charge in [0.1, 0.15) is 5.41 Å². The third-order valence-electron chi connectivity index (χ3n) is 3.87. The molecular formula is C14H18BrN3O2. The number of amides is 1. The van der Waals surface area contributed by atoms with E-state index in [1.54, 1.807) is 0 Å². The van der Waals surface area contributed by atoms with Gasteiger partial charge in [-0.15, -0.1) is 0 Å². The van der Waals surface area contributed by atoms with Crippen LogP contribution in [0.2, 0.25) is 0 Å². The normalized spacial score (nSPS) is 25.9. The van der Waals surface area contributed by atoms with E-state index in [1.165, 1.54) is 0 Å². The fourth-order valence-electron chi connectivity index (χ4n) is 2.72. The van der Waals surface area contributed by atoms with E-state index in [0.717, 1.165) is 10.0 Å².